The van der Waals surface area contributed by atoms with Gasteiger partial charge in [-0.15, -0.1) is 0 Å². The number of benzene rings is 4. The van der Waals surface area contributed by atoms with E-state index in [0.717, 1.165) is 40.9 Å². The van der Waals surface area contributed by atoms with Crippen LogP contribution in [0.2, 0.25) is 0 Å². The average molecular weight is 508 g/mol. The molecule has 0 spiro atoms. The first-order valence-electron chi connectivity index (χ1n) is 12.5. The van der Waals surface area contributed by atoms with Crippen molar-refractivity contribution >= 4 is 29.3 Å². The third-order valence-electron chi connectivity index (χ3n) is 6.14. The van der Waals surface area contributed by atoms with E-state index in [0.29, 0.717) is 0 Å². The number of anilines is 1. The Kier molecular flexibility index (Phi) is 10.5. The first-order chi connectivity index (χ1) is 17.9. The van der Waals surface area contributed by atoms with E-state index in [1.54, 1.807) is 5.37 Å². The fourth-order valence-electron chi connectivity index (χ4n) is 4.08. The number of rotatable bonds is 8. The molecule has 4 rings (SSSR count). The highest BCUT2D eigenvalue weighted by Crippen LogP contribution is 2.27. The van der Waals surface area contributed by atoms with Gasteiger partial charge < -0.3 is 4.90 Å². The zero-order valence-corrected chi connectivity index (χ0v) is 22.6. The van der Waals surface area contributed by atoms with E-state index >= 15 is 0 Å². The van der Waals surface area contributed by atoms with Crippen LogP contribution in [-0.4, -0.2) is 12.4 Å². The summed E-state index contributed by atoms with van der Waals surface area (Å²) < 4.78 is 13.3. The molecule has 0 saturated heterocycles. The highest BCUT2D eigenvalue weighted by Gasteiger charge is 2.10. The summed E-state index contributed by atoms with van der Waals surface area (Å²) in [5.74, 6) is -0.222. The fraction of sp³-hybridized carbons (Fsp3) is 0.147. The molecule has 1 nitrogen and oxygen atoms in total. The molecule has 3 heteroatoms. The predicted octanol–water partition coefficient (Wildman–Crippen LogP) is 9.53. The monoisotopic (exact) mass is 507 g/mol. The number of halogens is 1. The molecular formula is C34H34FNS. The molecule has 0 saturated carbocycles. The van der Waals surface area contributed by atoms with Crippen LogP contribution < -0.4 is 4.90 Å². The average Bonchev–Trinajstić information content (AvgIpc) is 2.93. The zero-order chi connectivity index (χ0) is 26.6. The molecular weight excluding hydrogens is 473 g/mol. The molecule has 4 aromatic rings. The lowest BCUT2D eigenvalue weighted by atomic mass is 10.00. The Labute approximate surface area is 226 Å². The fourth-order valence-corrected chi connectivity index (χ4v) is 4.08. The molecule has 0 amide bonds. The van der Waals surface area contributed by atoms with Gasteiger partial charge in [-0.2, -0.15) is 0 Å². The van der Waals surface area contributed by atoms with E-state index in [4.69, 9.17) is 0 Å². The summed E-state index contributed by atoms with van der Waals surface area (Å²) in [4.78, 5) is 2.14. The minimum atomic E-state index is -0.222. The summed E-state index contributed by atoms with van der Waals surface area (Å²) in [7, 11) is 2.06. The number of thiocarbonyl (C=S) groups is 1. The summed E-state index contributed by atoms with van der Waals surface area (Å²) in [6.07, 6.45) is 3.99. The number of allylic oxidation sites excluding steroid dienone is 1. The Hall–Kier alpha value is -3.82. The third kappa shape index (κ3) is 8.09. The molecule has 4 aromatic carbocycles. The van der Waals surface area contributed by atoms with E-state index in [-0.39, 0.29) is 5.82 Å². The summed E-state index contributed by atoms with van der Waals surface area (Å²) in [5.41, 5.74) is 9.04. The molecule has 0 bridgehead atoms. The molecule has 0 heterocycles. The normalized spacial score (nSPS) is 10.8. The van der Waals surface area contributed by atoms with Crippen molar-refractivity contribution in [3.8, 4) is 11.1 Å². The summed E-state index contributed by atoms with van der Waals surface area (Å²) in [6, 6.07) is 34.1. The first kappa shape index (κ1) is 27.8. The Bertz CT molecular complexity index is 1320. The van der Waals surface area contributed by atoms with Gasteiger partial charge in [0, 0.05) is 18.4 Å². The van der Waals surface area contributed by atoms with Crippen LogP contribution in [0.4, 0.5) is 10.1 Å². The van der Waals surface area contributed by atoms with Crippen LogP contribution in [0.3, 0.4) is 0 Å². The van der Waals surface area contributed by atoms with E-state index in [9.17, 15) is 4.39 Å². The van der Waals surface area contributed by atoms with Gasteiger partial charge >= 0.3 is 0 Å². The second-order valence-electron chi connectivity index (χ2n) is 8.73. The van der Waals surface area contributed by atoms with Crippen molar-refractivity contribution in [1.82, 2.24) is 0 Å². The summed E-state index contributed by atoms with van der Waals surface area (Å²) in [6.45, 7) is 8.36. The molecule has 0 aliphatic rings. The van der Waals surface area contributed by atoms with Crippen LogP contribution in [0.15, 0.2) is 121 Å². The standard InChI is InChI=1S/C32H30FN.C2H4S/c1-4-28(22-27-11-8-12-30(23-27)29-15-17-31(33)18-16-29)24(2)34(3)32-19-13-26(14-20-32)21-25-9-6-5-7-10-25;1-2-3/h5-20,22-23H,2,4,21H2,1,3H3;2H,1H3/b28-22+;. The number of hydrogen-bond donors (Lipinski definition) is 0. The van der Waals surface area contributed by atoms with Gasteiger partial charge in [-0.05, 0) is 94.9 Å². The lowest BCUT2D eigenvalue weighted by Crippen LogP contribution is -2.17. The first-order valence-corrected chi connectivity index (χ1v) is 12.9. The van der Waals surface area contributed by atoms with E-state index in [2.05, 4.69) is 104 Å². The van der Waals surface area contributed by atoms with Crippen LogP contribution in [0, 0.1) is 5.82 Å². The Morgan fingerprint density at radius 3 is 2.08 bits per heavy atom. The minimum absolute atomic E-state index is 0.222. The van der Waals surface area contributed by atoms with Crippen molar-refractivity contribution in [3.05, 3.63) is 143 Å². The molecule has 0 aromatic heterocycles. The lowest BCUT2D eigenvalue weighted by Gasteiger charge is -2.24. The Morgan fingerprint density at radius 2 is 1.46 bits per heavy atom. The Morgan fingerprint density at radius 1 is 0.838 bits per heavy atom. The van der Waals surface area contributed by atoms with Gasteiger partial charge in [0.2, 0.25) is 0 Å². The maximum atomic E-state index is 13.3. The highest BCUT2D eigenvalue weighted by molar-refractivity contribution is 7.78. The number of hydrogen-bond acceptors (Lipinski definition) is 2. The van der Waals surface area contributed by atoms with Crippen molar-refractivity contribution in [3.63, 3.8) is 0 Å². The Balaban J connectivity index is 0.00000121. The van der Waals surface area contributed by atoms with E-state index in [1.165, 1.54) is 28.8 Å². The van der Waals surface area contributed by atoms with Gasteiger partial charge in [-0.1, -0.05) is 98.5 Å². The van der Waals surface area contributed by atoms with Crippen molar-refractivity contribution in [2.75, 3.05) is 11.9 Å². The van der Waals surface area contributed by atoms with Gasteiger partial charge in [-0.25, -0.2) is 4.39 Å². The predicted molar refractivity (Wildman–Crippen MR) is 163 cm³/mol. The molecule has 0 aliphatic heterocycles. The summed E-state index contributed by atoms with van der Waals surface area (Å²) >= 11 is 4.27. The second kappa shape index (κ2) is 14.1. The summed E-state index contributed by atoms with van der Waals surface area (Å²) in [5, 5.41) is 1.58. The highest BCUT2D eigenvalue weighted by atomic mass is 32.1. The molecule has 0 aliphatic carbocycles. The van der Waals surface area contributed by atoms with Crippen LogP contribution in [0.25, 0.3) is 17.2 Å². The molecule has 188 valence electrons. The van der Waals surface area contributed by atoms with Gasteiger partial charge in [0.05, 0.1) is 0 Å². The minimum Gasteiger partial charge on any atom is -0.345 e. The van der Waals surface area contributed by atoms with Gasteiger partial charge in [0.15, 0.2) is 0 Å². The van der Waals surface area contributed by atoms with Gasteiger partial charge in [0.25, 0.3) is 0 Å². The molecule has 0 unspecified atom stereocenters. The van der Waals surface area contributed by atoms with Crippen molar-refractivity contribution < 1.29 is 4.39 Å². The largest absolute Gasteiger partial charge is 0.345 e. The SMILES string of the molecule is C=C(/C(=C/c1cccc(-c2ccc(F)cc2)c1)CC)N(C)c1ccc(Cc2ccccc2)cc1.CC=S. The van der Waals surface area contributed by atoms with Crippen molar-refractivity contribution in [2.24, 2.45) is 0 Å². The zero-order valence-electron chi connectivity index (χ0n) is 21.8. The quantitative estimate of drug-likeness (QED) is 0.173. The van der Waals surface area contributed by atoms with Crippen LogP contribution >= 0.6 is 12.2 Å². The van der Waals surface area contributed by atoms with Crippen molar-refractivity contribution in [2.45, 2.75) is 26.7 Å². The maximum Gasteiger partial charge on any atom is 0.123 e. The smallest absolute Gasteiger partial charge is 0.123 e. The lowest BCUT2D eigenvalue weighted by molar-refractivity contribution is 0.628. The van der Waals surface area contributed by atoms with Crippen LogP contribution in [0.1, 0.15) is 37.0 Å². The molecule has 0 atom stereocenters. The molecule has 0 fully saturated rings. The van der Waals surface area contributed by atoms with Crippen LogP contribution in [0.5, 0.6) is 0 Å². The van der Waals surface area contributed by atoms with Crippen LogP contribution in [-0.2, 0) is 6.42 Å². The third-order valence-corrected chi connectivity index (χ3v) is 6.14. The van der Waals surface area contributed by atoms with Gasteiger partial charge in [0.1, 0.15) is 5.82 Å². The second-order valence-corrected chi connectivity index (χ2v) is 9.20. The molecule has 0 radical (unpaired) electrons. The number of nitrogens with zero attached hydrogens (tertiary/aromatic N) is 1. The van der Waals surface area contributed by atoms with E-state index in [1.807, 2.05) is 37.3 Å². The maximum absolute atomic E-state index is 13.3. The topological polar surface area (TPSA) is 3.24 Å². The van der Waals surface area contributed by atoms with E-state index < -0.39 is 0 Å². The van der Waals surface area contributed by atoms with Gasteiger partial charge in [-0.3, -0.25) is 0 Å². The molecule has 37 heavy (non-hydrogen) atoms. The molecule has 0 N–H and O–H groups in total. The van der Waals surface area contributed by atoms with Crippen molar-refractivity contribution in [1.29, 1.82) is 0 Å². The number of likely N-dealkylation sites (N-methyl/N-ethyl adjacent to an activating group) is 1.